The predicted molar refractivity (Wildman–Crippen MR) is 111 cm³/mol. The van der Waals surface area contributed by atoms with E-state index in [1.165, 1.54) is 31.1 Å². The first kappa shape index (κ1) is 20.7. The molecule has 0 aliphatic heterocycles. The molecule has 6 heteroatoms. The summed E-state index contributed by atoms with van der Waals surface area (Å²) in [7, 11) is 1.52. The van der Waals surface area contributed by atoms with Gasteiger partial charge in [0.05, 0.1) is 19.6 Å². The molecular weight excluding hydrogens is 368 g/mol. The normalized spacial score (nSPS) is 12.8. The summed E-state index contributed by atoms with van der Waals surface area (Å²) < 4.78 is 10.9. The van der Waals surface area contributed by atoms with Crippen molar-refractivity contribution in [2.24, 2.45) is 0 Å². The maximum Gasteiger partial charge on any atom is 0.269 e. The van der Waals surface area contributed by atoms with E-state index < -0.39 is 5.91 Å². The van der Waals surface area contributed by atoms with Crippen LogP contribution in [0.4, 0.5) is 0 Å². The van der Waals surface area contributed by atoms with Crippen LogP contribution in [0.5, 0.6) is 11.5 Å². The van der Waals surface area contributed by atoms with Crippen LogP contribution in [-0.2, 0) is 24.1 Å². The number of fused-ring (bicyclic) bond motifs is 1. The summed E-state index contributed by atoms with van der Waals surface area (Å²) in [5.74, 6) is 0.348. The largest absolute Gasteiger partial charge is 0.493 e. The fraction of sp³-hybridized carbons (Fsp3) is 0.391. The van der Waals surface area contributed by atoms with Gasteiger partial charge in [-0.3, -0.25) is 20.4 Å². The first-order valence-corrected chi connectivity index (χ1v) is 10.0. The lowest BCUT2D eigenvalue weighted by Crippen LogP contribution is -2.42. The highest BCUT2D eigenvalue weighted by molar-refractivity contribution is 5.96. The Hall–Kier alpha value is -3.02. The van der Waals surface area contributed by atoms with Gasteiger partial charge in [0.1, 0.15) is 0 Å². The van der Waals surface area contributed by atoms with E-state index in [4.69, 9.17) is 9.47 Å². The van der Waals surface area contributed by atoms with Gasteiger partial charge in [0.25, 0.3) is 5.91 Å². The van der Waals surface area contributed by atoms with Gasteiger partial charge in [-0.15, -0.1) is 0 Å². The van der Waals surface area contributed by atoms with Gasteiger partial charge in [0.15, 0.2) is 11.5 Å². The van der Waals surface area contributed by atoms with Gasteiger partial charge in [-0.25, -0.2) is 0 Å². The molecule has 0 saturated carbocycles. The van der Waals surface area contributed by atoms with Gasteiger partial charge in [-0.1, -0.05) is 18.2 Å². The van der Waals surface area contributed by atoms with Crippen molar-refractivity contribution in [3.63, 3.8) is 0 Å². The fourth-order valence-corrected chi connectivity index (χ4v) is 3.49. The van der Waals surface area contributed by atoms with Gasteiger partial charge < -0.3 is 9.47 Å². The molecule has 154 valence electrons. The van der Waals surface area contributed by atoms with Crippen LogP contribution in [0.1, 0.15) is 53.7 Å². The zero-order chi connectivity index (χ0) is 20.8. The number of nitrogens with one attached hydrogen (secondary N) is 2. The smallest absolute Gasteiger partial charge is 0.269 e. The minimum Gasteiger partial charge on any atom is -0.493 e. The lowest BCUT2D eigenvalue weighted by Gasteiger charge is -2.16. The van der Waals surface area contributed by atoms with Crippen LogP contribution >= 0.6 is 0 Å². The van der Waals surface area contributed by atoms with E-state index in [2.05, 4.69) is 23.0 Å². The quantitative estimate of drug-likeness (QED) is 0.734. The van der Waals surface area contributed by atoms with Crippen LogP contribution in [-0.4, -0.2) is 25.0 Å². The van der Waals surface area contributed by atoms with Crippen molar-refractivity contribution in [3.8, 4) is 11.5 Å². The van der Waals surface area contributed by atoms with Crippen molar-refractivity contribution in [2.45, 2.75) is 52.1 Å². The zero-order valence-corrected chi connectivity index (χ0v) is 17.2. The van der Waals surface area contributed by atoms with Crippen molar-refractivity contribution in [2.75, 3.05) is 7.11 Å². The Kier molecular flexibility index (Phi) is 6.75. The molecule has 0 radical (unpaired) electrons. The molecule has 0 spiro atoms. The van der Waals surface area contributed by atoms with Crippen LogP contribution in [0.3, 0.4) is 0 Å². The number of carbonyl (C=O) groups excluding carboxylic acids is 2. The van der Waals surface area contributed by atoms with Crippen molar-refractivity contribution in [1.29, 1.82) is 0 Å². The fourth-order valence-electron chi connectivity index (χ4n) is 3.49. The lowest BCUT2D eigenvalue weighted by molar-refractivity contribution is -0.121. The predicted octanol–water partition coefficient (Wildman–Crippen LogP) is 3.36. The minimum absolute atomic E-state index is 0.00791. The highest BCUT2D eigenvalue weighted by atomic mass is 16.5. The summed E-state index contributed by atoms with van der Waals surface area (Å²) in [5.41, 5.74) is 8.98. The van der Waals surface area contributed by atoms with Crippen LogP contribution in [0, 0.1) is 0 Å². The summed E-state index contributed by atoms with van der Waals surface area (Å²) in [6.45, 7) is 3.83. The standard InChI is InChI=1S/C23H28N2O4/c1-15(2)29-20-11-10-19(14-21(20)28-3)23(27)25-24-22(26)13-16-8-9-17-6-4-5-7-18(17)12-16/h8-12,14-15H,4-7,13H2,1-3H3,(H,24,26)(H,25,27). The van der Waals surface area contributed by atoms with E-state index in [1.807, 2.05) is 19.9 Å². The molecule has 2 aromatic rings. The summed E-state index contributed by atoms with van der Waals surface area (Å²) in [6.07, 6.45) is 4.82. The molecule has 2 N–H and O–H groups in total. The molecule has 0 saturated heterocycles. The van der Waals surface area contributed by atoms with Crippen LogP contribution in [0.15, 0.2) is 36.4 Å². The first-order valence-electron chi connectivity index (χ1n) is 10.0. The Morgan fingerprint density at radius 1 is 0.966 bits per heavy atom. The third-order valence-electron chi connectivity index (χ3n) is 4.88. The van der Waals surface area contributed by atoms with Crippen molar-refractivity contribution in [1.82, 2.24) is 10.9 Å². The third-order valence-corrected chi connectivity index (χ3v) is 4.88. The average Bonchev–Trinajstić information content (AvgIpc) is 2.71. The first-order chi connectivity index (χ1) is 14.0. The van der Waals surface area contributed by atoms with Crippen LogP contribution in [0.2, 0.25) is 0 Å². The number of amides is 2. The van der Waals surface area contributed by atoms with E-state index in [-0.39, 0.29) is 18.4 Å². The topological polar surface area (TPSA) is 76.7 Å². The molecule has 0 unspecified atom stereocenters. The second kappa shape index (κ2) is 9.45. The molecule has 0 heterocycles. The van der Waals surface area contributed by atoms with E-state index in [9.17, 15) is 9.59 Å². The van der Waals surface area contributed by atoms with E-state index in [0.29, 0.717) is 17.1 Å². The van der Waals surface area contributed by atoms with Crippen molar-refractivity contribution < 1.29 is 19.1 Å². The van der Waals surface area contributed by atoms with Crippen LogP contribution < -0.4 is 20.3 Å². The highest BCUT2D eigenvalue weighted by Crippen LogP contribution is 2.29. The van der Waals surface area contributed by atoms with E-state index in [1.54, 1.807) is 18.2 Å². The molecule has 1 aliphatic rings. The van der Waals surface area contributed by atoms with E-state index >= 15 is 0 Å². The molecule has 0 aromatic heterocycles. The van der Waals surface area contributed by atoms with Gasteiger partial charge >= 0.3 is 0 Å². The number of carbonyl (C=O) groups is 2. The molecule has 0 bridgehead atoms. The Balaban J connectivity index is 1.56. The monoisotopic (exact) mass is 396 g/mol. The van der Waals surface area contributed by atoms with Crippen LogP contribution in [0.25, 0.3) is 0 Å². The molecule has 6 nitrogen and oxygen atoms in total. The maximum atomic E-state index is 12.4. The number of hydrogen-bond acceptors (Lipinski definition) is 4. The van der Waals surface area contributed by atoms with Crippen molar-refractivity contribution in [3.05, 3.63) is 58.7 Å². The molecule has 1 aliphatic carbocycles. The summed E-state index contributed by atoms with van der Waals surface area (Å²) >= 11 is 0. The molecule has 0 atom stereocenters. The highest BCUT2D eigenvalue weighted by Gasteiger charge is 2.14. The summed E-state index contributed by atoms with van der Waals surface area (Å²) in [4.78, 5) is 24.6. The Bertz CT molecular complexity index is 892. The summed E-state index contributed by atoms with van der Waals surface area (Å²) in [6, 6.07) is 11.1. The number of aryl methyl sites for hydroxylation is 2. The Labute approximate surface area is 171 Å². The lowest BCUT2D eigenvalue weighted by atomic mass is 9.90. The van der Waals surface area contributed by atoms with E-state index in [0.717, 1.165) is 18.4 Å². The minimum atomic E-state index is -0.418. The van der Waals surface area contributed by atoms with Gasteiger partial charge in [0.2, 0.25) is 5.91 Å². The van der Waals surface area contributed by atoms with Gasteiger partial charge in [-0.2, -0.15) is 0 Å². The average molecular weight is 396 g/mol. The molecular formula is C23H28N2O4. The summed E-state index contributed by atoms with van der Waals surface area (Å²) in [5, 5.41) is 0. The Morgan fingerprint density at radius 2 is 1.72 bits per heavy atom. The second-order valence-corrected chi connectivity index (χ2v) is 7.52. The molecule has 2 aromatic carbocycles. The number of hydrogen-bond donors (Lipinski definition) is 2. The number of hydrazine groups is 1. The molecule has 2 amide bonds. The number of ether oxygens (including phenoxy) is 2. The SMILES string of the molecule is COc1cc(C(=O)NNC(=O)Cc2ccc3c(c2)CCCC3)ccc1OC(C)C. The second-order valence-electron chi connectivity index (χ2n) is 7.52. The Morgan fingerprint density at radius 3 is 2.45 bits per heavy atom. The molecule has 3 rings (SSSR count). The number of rotatable bonds is 6. The zero-order valence-electron chi connectivity index (χ0n) is 17.2. The van der Waals surface area contributed by atoms with Crippen molar-refractivity contribution >= 4 is 11.8 Å². The molecule has 29 heavy (non-hydrogen) atoms. The number of benzene rings is 2. The molecule has 0 fully saturated rings. The maximum absolute atomic E-state index is 12.4. The number of methoxy groups -OCH3 is 1. The van der Waals surface area contributed by atoms with Gasteiger partial charge in [-0.05, 0) is 74.4 Å². The van der Waals surface area contributed by atoms with Gasteiger partial charge in [0, 0.05) is 5.56 Å². The third kappa shape index (κ3) is 5.50.